The smallest absolute Gasteiger partial charge is 0.356 e. The van der Waals surface area contributed by atoms with E-state index in [4.69, 9.17) is 9.84 Å². The van der Waals surface area contributed by atoms with Crippen LogP contribution < -0.4 is 5.32 Å². The van der Waals surface area contributed by atoms with Crippen LogP contribution in [0, 0.1) is 0 Å². The zero-order valence-electron chi connectivity index (χ0n) is 11.7. The molecule has 0 aliphatic rings. The van der Waals surface area contributed by atoms with Crippen molar-refractivity contribution in [2.24, 2.45) is 0 Å². The van der Waals surface area contributed by atoms with Gasteiger partial charge in [0.15, 0.2) is 5.69 Å². The highest BCUT2D eigenvalue weighted by atomic mass is 16.5. The summed E-state index contributed by atoms with van der Waals surface area (Å²) in [4.78, 5) is 27.6. The van der Waals surface area contributed by atoms with E-state index < -0.39 is 5.97 Å². The van der Waals surface area contributed by atoms with Crippen LogP contribution in [-0.2, 0) is 11.3 Å². The number of rotatable bonds is 8. The number of likely N-dealkylation sites (N-methyl/N-ethyl adjacent to an activating group) is 1. The van der Waals surface area contributed by atoms with Gasteiger partial charge in [-0.05, 0) is 6.92 Å². The first kappa shape index (κ1) is 16.0. The highest BCUT2D eigenvalue weighted by molar-refractivity contribution is 5.84. The molecule has 0 saturated carbocycles. The minimum absolute atomic E-state index is 0.00911. The van der Waals surface area contributed by atoms with Gasteiger partial charge in [0.05, 0.1) is 12.9 Å². The predicted octanol–water partition coefficient (Wildman–Crippen LogP) is 0.259. The highest BCUT2D eigenvalue weighted by Gasteiger charge is 2.08. The Kier molecular flexibility index (Phi) is 6.51. The number of ether oxygens (including phenoxy) is 1. The predicted molar refractivity (Wildman–Crippen MR) is 71.7 cm³/mol. The summed E-state index contributed by atoms with van der Waals surface area (Å²) in [5.41, 5.74) is -0.00911. The van der Waals surface area contributed by atoms with E-state index in [1.807, 2.05) is 6.92 Å². The molecule has 0 unspecified atom stereocenters. The average molecular weight is 284 g/mol. The largest absolute Gasteiger partial charge is 0.476 e. The summed E-state index contributed by atoms with van der Waals surface area (Å²) in [5.74, 6) is -1.07. The molecule has 0 radical (unpaired) electrons. The second-order valence-electron chi connectivity index (χ2n) is 4.15. The molecule has 0 fully saturated rings. The topological polar surface area (TPSA) is 96.7 Å². The Balaban J connectivity index is 2.25. The van der Waals surface area contributed by atoms with E-state index in [0.717, 1.165) is 0 Å². The van der Waals surface area contributed by atoms with Crippen LogP contribution in [0.1, 0.15) is 17.4 Å². The second-order valence-corrected chi connectivity index (χ2v) is 4.15. The number of carboxylic acids is 1. The molecule has 2 N–H and O–H groups in total. The Morgan fingerprint density at radius 2 is 2.30 bits per heavy atom. The minimum atomic E-state index is -1.07. The molecule has 112 valence electrons. The number of imidazole rings is 1. The van der Waals surface area contributed by atoms with Crippen molar-refractivity contribution in [3.63, 3.8) is 0 Å². The van der Waals surface area contributed by atoms with Crippen LogP contribution in [0.2, 0.25) is 0 Å². The van der Waals surface area contributed by atoms with E-state index in [9.17, 15) is 9.59 Å². The maximum atomic E-state index is 11.7. The first-order valence-corrected chi connectivity index (χ1v) is 6.36. The van der Waals surface area contributed by atoms with Gasteiger partial charge in [-0.25, -0.2) is 14.6 Å². The number of carboxylic acid groups (broad SMARTS) is 1. The molecule has 0 aliphatic heterocycles. The van der Waals surface area contributed by atoms with Crippen molar-refractivity contribution in [2.45, 2.75) is 13.5 Å². The molecule has 0 spiro atoms. The number of amides is 2. The molecule has 1 aromatic rings. The van der Waals surface area contributed by atoms with Gasteiger partial charge in [0, 0.05) is 39.5 Å². The third-order valence-corrected chi connectivity index (χ3v) is 2.62. The number of aromatic nitrogens is 2. The van der Waals surface area contributed by atoms with E-state index in [2.05, 4.69) is 10.3 Å². The number of carbonyl (C=O) groups excluding carboxylic acids is 1. The lowest BCUT2D eigenvalue weighted by Gasteiger charge is -2.17. The fraction of sp³-hybridized carbons (Fsp3) is 0.583. The zero-order chi connectivity index (χ0) is 15.0. The van der Waals surface area contributed by atoms with Crippen LogP contribution in [0.4, 0.5) is 4.79 Å². The maximum absolute atomic E-state index is 11.7. The Bertz CT molecular complexity index is 446. The van der Waals surface area contributed by atoms with Crippen molar-refractivity contribution in [2.75, 3.05) is 33.4 Å². The van der Waals surface area contributed by atoms with E-state index in [-0.39, 0.29) is 11.7 Å². The van der Waals surface area contributed by atoms with Gasteiger partial charge in [0.1, 0.15) is 0 Å². The van der Waals surface area contributed by atoms with Gasteiger partial charge in [-0.15, -0.1) is 0 Å². The standard InChI is InChI=1S/C12H20N4O4/c1-3-20-7-6-15(2)12(19)13-4-5-16-8-10(11(17)18)14-9-16/h8-9H,3-7H2,1-2H3,(H,13,19)(H,17,18). The lowest BCUT2D eigenvalue weighted by Crippen LogP contribution is -2.40. The Morgan fingerprint density at radius 3 is 2.90 bits per heavy atom. The SMILES string of the molecule is CCOCCN(C)C(=O)NCCn1cnc(C(=O)O)c1. The highest BCUT2D eigenvalue weighted by Crippen LogP contribution is 1.95. The summed E-state index contributed by atoms with van der Waals surface area (Å²) >= 11 is 0. The summed E-state index contributed by atoms with van der Waals surface area (Å²) in [6.07, 6.45) is 2.85. The fourth-order valence-electron chi connectivity index (χ4n) is 1.47. The van der Waals surface area contributed by atoms with Crippen molar-refractivity contribution >= 4 is 12.0 Å². The maximum Gasteiger partial charge on any atom is 0.356 e. The Hall–Kier alpha value is -2.09. The van der Waals surface area contributed by atoms with Gasteiger partial charge in [0.25, 0.3) is 0 Å². The lowest BCUT2D eigenvalue weighted by molar-refractivity contribution is 0.0691. The third kappa shape index (κ3) is 5.27. The van der Waals surface area contributed by atoms with E-state index >= 15 is 0 Å². The summed E-state index contributed by atoms with van der Waals surface area (Å²) in [6, 6.07) is -0.191. The number of aromatic carboxylic acids is 1. The number of hydrogen-bond acceptors (Lipinski definition) is 4. The number of urea groups is 1. The third-order valence-electron chi connectivity index (χ3n) is 2.62. The Morgan fingerprint density at radius 1 is 1.55 bits per heavy atom. The molecule has 8 heteroatoms. The summed E-state index contributed by atoms with van der Waals surface area (Å²) in [5, 5.41) is 11.5. The first-order valence-electron chi connectivity index (χ1n) is 6.36. The Labute approximate surface area is 117 Å². The van der Waals surface area contributed by atoms with Crippen LogP contribution in [-0.4, -0.2) is 64.9 Å². The normalized spacial score (nSPS) is 10.3. The van der Waals surface area contributed by atoms with Crippen LogP contribution in [0.15, 0.2) is 12.5 Å². The molecule has 20 heavy (non-hydrogen) atoms. The van der Waals surface area contributed by atoms with Gasteiger partial charge in [-0.3, -0.25) is 0 Å². The van der Waals surface area contributed by atoms with Gasteiger partial charge in [-0.1, -0.05) is 0 Å². The molecule has 0 saturated heterocycles. The summed E-state index contributed by atoms with van der Waals surface area (Å²) in [7, 11) is 1.69. The van der Waals surface area contributed by atoms with Gasteiger partial charge >= 0.3 is 12.0 Å². The molecule has 0 aliphatic carbocycles. The van der Waals surface area contributed by atoms with Crippen LogP contribution in [0.3, 0.4) is 0 Å². The summed E-state index contributed by atoms with van der Waals surface area (Å²) < 4.78 is 6.78. The van der Waals surface area contributed by atoms with E-state index in [0.29, 0.717) is 32.8 Å². The molecular formula is C12H20N4O4. The quantitative estimate of drug-likeness (QED) is 0.667. The van der Waals surface area contributed by atoms with Crippen molar-refractivity contribution in [1.82, 2.24) is 19.8 Å². The van der Waals surface area contributed by atoms with Crippen LogP contribution in [0.5, 0.6) is 0 Å². The molecule has 1 aromatic heterocycles. The van der Waals surface area contributed by atoms with E-state index in [1.165, 1.54) is 17.4 Å². The average Bonchev–Trinajstić information content (AvgIpc) is 2.87. The molecule has 1 rings (SSSR count). The fourth-order valence-corrected chi connectivity index (χ4v) is 1.47. The number of nitrogens with one attached hydrogen (secondary N) is 1. The molecule has 0 aromatic carbocycles. The second kappa shape index (κ2) is 8.16. The number of nitrogens with zero attached hydrogens (tertiary/aromatic N) is 3. The van der Waals surface area contributed by atoms with Crippen molar-refractivity contribution in [3.05, 3.63) is 18.2 Å². The van der Waals surface area contributed by atoms with E-state index in [1.54, 1.807) is 11.6 Å². The minimum Gasteiger partial charge on any atom is -0.476 e. The van der Waals surface area contributed by atoms with Gasteiger partial charge in [0.2, 0.25) is 0 Å². The number of carbonyl (C=O) groups is 2. The molecule has 0 atom stereocenters. The zero-order valence-corrected chi connectivity index (χ0v) is 11.7. The van der Waals surface area contributed by atoms with Crippen LogP contribution in [0.25, 0.3) is 0 Å². The lowest BCUT2D eigenvalue weighted by atomic mass is 10.5. The molecule has 1 heterocycles. The monoisotopic (exact) mass is 284 g/mol. The summed E-state index contributed by atoms with van der Waals surface area (Å²) in [6.45, 7) is 4.41. The molecule has 2 amide bonds. The van der Waals surface area contributed by atoms with Gasteiger partial charge < -0.3 is 24.6 Å². The van der Waals surface area contributed by atoms with Crippen molar-refractivity contribution < 1.29 is 19.4 Å². The molecular weight excluding hydrogens is 264 g/mol. The van der Waals surface area contributed by atoms with Crippen molar-refractivity contribution in [1.29, 1.82) is 0 Å². The molecule has 8 nitrogen and oxygen atoms in total. The molecule has 0 bridgehead atoms. The van der Waals surface area contributed by atoms with Gasteiger partial charge in [-0.2, -0.15) is 0 Å². The van der Waals surface area contributed by atoms with Crippen LogP contribution >= 0.6 is 0 Å². The first-order chi connectivity index (χ1) is 9.54. The van der Waals surface area contributed by atoms with Crippen molar-refractivity contribution in [3.8, 4) is 0 Å². The number of hydrogen-bond donors (Lipinski definition) is 2.